The molecule has 2 heterocycles. The standard InChI is InChI=1S/C13H19N3O3/c1-18-13(17)11-6-10(14)7-16-12(11)15-4-2-9-3-5-19-8-9/h6-7,9H,2-5,8,14H2,1H3,(H,15,16). The van der Waals surface area contributed by atoms with Gasteiger partial charge in [-0.05, 0) is 24.8 Å². The highest BCUT2D eigenvalue weighted by atomic mass is 16.5. The summed E-state index contributed by atoms with van der Waals surface area (Å²) < 4.78 is 10.0. The number of carbonyl (C=O) groups excluding carboxylic acids is 1. The molecule has 6 nitrogen and oxygen atoms in total. The Labute approximate surface area is 112 Å². The molecule has 1 saturated heterocycles. The second-order valence-corrected chi connectivity index (χ2v) is 4.60. The number of ether oxygens (including phenoxy) is 2. The first-order valence-electron chi connectivity index (χ1n) is 6.36. The summed E-state index contributed by atoms with van der Waals surface area (Å²) >= 11 is 0. The molecule has 19 heavy (non-hydrogen) atoms. The van der Waals surface area contributed by atoms with E-state index < -0.39 is 5.97 Å². The Hall–Kier alpha value is -1.82. The summed E-state index contributed by atoms with van der Waals surface area (Å²) in [5, 5.41) is 3.16. The Kier molecular flexibility index (Phi) is 4.57. The van der Waals surface area contributed by atoms with Crippen molar-refractivity contribution >= 4 is 17.5 Å². The van der Waals surface area contributed by atoms with Gasteiger partial charge in [-0.25, -0.2) is 9.78 Å². The highest BCUT2D eigenvalue weighted by molar-refractivity contribution is 5.95. The van der Waals surface area contributed by atoms with Gasteiger partial charge in [0.25, 0.3) is 0 Å². The van der Waals surface area contributed by atoms with E-state index in [1.165, 1.54) is 13.3 Å². The molecule has 1 fully saturated rings. The summed E-state index contributed by atoms with van der Waals surface area (Å²) in [6, 6.07) is 1.57. The number of nitrogens with zero attached hydrogens (tertiary/aromatic N) is 1. The maximum Gasteiger partial charge on any atom is 0.341 e. The molecule has 6 heteroatoms. The number of pyridine rings is 1. The molecule has 0 radical (unpaired) electrons. The number of nitrogens with one attached hydrogen (secondary N) is 1. The number of methoxy groups -OCH3 is 1. The third-order valence-corrected chi connectivity index (χ3v) is 3.18. The maximum atomic E-state index is 11.6. The van der Waals surface area contributed by atoms with Crippen molar-refractivity contribution in [2.45, 2.75) is 12.8 Å². The monoisotopic (exact) mass is 265 g/mol. The topological polar surface area (TPSA) is 86.5 Å². The van der Waals surface area contributed by atoms with Crippen molar-refractivity contribution < 1.29 is 14.3 Å². The average molecular weight is 265 g/mol. The molecule has 2 rings (SSSR count). The summed E-state index contributed by atoms with van der Waals surface area (Å²) in [6.45, 7) is 2.41. The molecule has 0 spiro atoms. The minimum Gasteiger partial charge on any atom is -0.465 e. The fourth-order valence-corrected chi connectivity index (χ4v) is 2.09. The highest BCUT2D eigenvalue weighted by Gasteiger charge is 2.17. The molecule has 1 aromatic rings. The number of nitrogens with two attached hydrogens (primary N) is 1. The van der Waals surface area contributed by atoms with Gasteiger partial charge in [-0.15, -0.1) is 0 Å². The first-order valence-corrected chi connectivity index (χ1v) is 6.36. The zero-order valence-corrected chi connectivity index (χ0v) is 11.0. The molecular weight excluding hydrogens is 246 g/mol. The van der Waals surface area contributed by atoms with Crippen molar-refractivity contribution in [1.29, 1.82) is 0 Å². The van der Waals surface area contributed by atoms with Gasteiger partial charge in [-0.2, -0.15) is 0 Å². The van der Waals surface area contributed by atoms with Gasteiger partial charge in [0.15, 0.2) is 0 Å². The molecule has 1 aliphatic heterocycles. The van der Waals surface area contributed by atoms with Gasteiger partial charge >= 0.3 is 5.97 Å². The third kappa shape index (κ3) is 3.57. The Morgan fingerprint density at radius 3 is 3.21 bits per heavy atom. The second kappa shape index (κ2) is 6.38. The van der Waals surface area contributed by atoms with Crippen LogP contribution in [0.15, 0.2) is 12.3 Å². The maximum absolute atomic E-state index is 11.6. The molecule has 1 atom stereocenters. The van der Waals surface area contributed by atoms with E-state index >= 15 is 0 Å². The molecule has 1 aliphatic rings. The van der Waals surface area contributed by atoms with Crippen LogP contribution in [0, 0.1) is 5.92 Å². The Bertz CT molecular complexity index is 445. The molecule has 1 aromatic heterocycles. The number of nitrogen functional groups attached to an aromatic ring is 1. The summed E-state index contributed by atoms with van der Waals surface area (Å²) in [7, 11) is 1.34. The third-order valence-electron chi connectivity index (χ3n) is 3.18. The van der Waals surface area contributed by atoms with E-state index in [4.69, 9.17) is 15.2 Å². The molecule has 0 aromatic carbocycles. The lowest BCUT2D eigenvalue weighted by molar-refractivity contribution is 0.0601. The molecule has 0 aliphatic carbocycles. The van der Waals surface area contributed by atoms with Crippen molar-refractivity contribution in [1.82, 2.24) is 4.98 Å². The van der Waals surface area contributed by atoms with E-state index in [-0.39, 0.29) is 0 Å². The lowest BCUT2D eigenvalue weighted by Gasteiger charge is -2.12. The van der Waals surface area contributed by atoms with Crippen LogP contribution in [0.1, 0.15) is 23.2 Å². The second-order valence-electron chi connectivity index (χ2n) is 4.60. The first kappa shape index (κ1) is 13.6. The van der Waals surface area contributed by atoms with Crippen molar-refractivity contribution in [2.75, 3.05) is 37.9 Å². The van der Waals surface area contributed by atoms with Crippen LogP contribution < -0.4 is 11.1 Å². The van der Waals surface area contributed by atoms with Gasteiger partial charge in [0.05, 0.1) is 19.0 Å². The number of carbonyl (C=O) groups is 1. The van der Waals surface area contributed by atoms with Crippen LogP contribution in [0.5, 0.6) is 0 Å². The Morgan fingerprint density at radius 1 is 1.68 bits per heavy atom. The minimum absolute atomic E-state index is 0.366. The van der Waals surface area contributed by atoms with Crippen LogP contribution in [-0.4, -0.2) is 37.8 Å². The quantitative estimate of drug-likeness (QED) is 0.780. The molecule has 0 amide bonds. The lowest BCUT2D eigenvalue weighted by Crippen LogP contribution is -2.14. The largest absolute Gasteiger partial charge is 0.465 e. The Morgan fingerprint density at radius 2 is 2.53 bits per heavy atom. The number of esters is 1. The molecule has 3 N–H and O–H groups in total. The fourth-order valence-electron chi connectivity index (χ4n) is 2.09. The summed E-state index contributed by atoms with van der Waals surface area (Å²) in [4.78, 5) is 15.8. The van der Waals surface area contributed by atoms with Gasteiger partial charge in [0.1, 0.15) is 11.4 Å². The first-order chi connectivity index (χ1) is 9.20. The van der Waals surface area contributed by atoms with E-state index in [2.05, 4.69) is 10.3 Å². The molecule has 0 bridgehead atoms. The van der Waals surface area contributed by atoms with Crippen molar-refractivity contribution in [3.8, 4) is 0 Å². The average Bonchev–Trinajstić information content (AvgIpc) is 2.92. The van der Waals surface area contributed by atoms with E-state index in [9.17, 15) is 4.79 Å². The van der Waals surface area contributed by atoms with E-state index in [1.54, 1.807) is 6.07 Å². The number of hydrogen-bond donors (Lipinski definition) is 2. The number of aromatic nitrogens is 1. The number of rotatable bonds is 5. The lowest BCUT2D eigenvalue weighted by atomic mass is 10.1. The molecule has 104 valence electrons. The van der Waals surface area contributed by atoms with Gasteiger partial charge in [-0.1, -0.05) is 0 Å². The van der Waals surface area contributed by atoms with Crippen molar-refractivity contribution in [3.05, 3.63) is 17.8 Å². The van der Waals surface area contributed by atoms with Crippen LogP contribution in [0.25, 0.3) is 0 Å². The van der Waals surface area contributed by atoms with Crippen molar-refractivity contribution in [2.24, 2.45) is 5.92 Å². The van der Waals surface area contributed by atoms with Gasteiger partial charge in [0.2, 0.25) is 0 Å². The predicted octanol–water partition coefficient (Wildman–Crippen LogP) is 1.29. The van der Waals surface area contributed by atoms with Crippen LogP contribution in [-0.2, 0) is 9.47 Å². The van der Waals surface area contributed by atoms with Gasteiger partial charge in [0, 0.05) is 19.8 Å². The zero-order chi connectivity index (χ0) is 13.7. The SMILES string of the molecule is COC(=O)c1cc(N)cnc1NCCC1CCOC1. The van der Waals surface area contributed by atoms with Crippen LogP contribution in [0.2, 0.25) is 0 Å². The van der Waals surface area contributed by atoms with E-state index in [0.29, 0.717) is 23.0 Å². The summed E-state index contributed by atoms with van der Waals surface area (Å²) in [5.41, 5.74) is 6.44. The molecule has 0 saturated carbocycles. The highest BCUT2D eigenvalue weighted by Crippen LogP contribution is 2.19. The van der Waals surface area contributed by atoms with Gasteiger partial charge in [-0.3, -0.25) is 0 Å². The van der Waals surface area contributed by atoms with E-state index in [0.717, 1.165) is 32.6 Å². The summed E-state index contributed by atoms with van der Waals surface area (Å²) in [5.74, 6) is 0.661. The van der Waals surface area contributed by atoms with Crippen LogP contribution >= 0.6 is 0 Å². The smallest absolute Gasteiger partial charge is 0.341 e. The Balaban J connectivity index is 1.96. The number of hydrogen-bond acceptors (Lipinski definition) is 6. The van der Waals surface area contributed by atoms with Gasteiger partial charge < -0.3 is 20.5 Å². The summed E-state index contributed by atoms with van der Waals surface area (Å²) in [6.07, 6.45) is 3.61. The van der Waals surface area contributed by atoms with Crippen LogP contribution in [0.3, 0.4) is 0 Å². The van der Waals surface area contributed by atoms with Crippen LogP contribution in [0.4, 0.5) is 11.5 Å². The number of anilines is 2. The zero-order valence-electron chi connectivity index (χ0n) is 11.0. The van der Waals surface area contributed by atoms with E-state index in [1.807, 2.05) is 0 Å². The predicted molar refractivity (Wildman–Crippen MR) is 72.0 cm³/mol. The molecule has 1 unspecified atom stereocenters. The normalized spacial score (nSPS) is 18.3. The fraction of sp³-hybridized carbons (Fsp3) is 0.538. The minimum atomic E-state index is -0.438. The molecular formula is C13H19N3O3. The van der Waals surface area contributed by atoms with Crippen molar-refractivity contribution in [3.63, 3.8) is 0 Å².